The highest BCUT2D eigenvalue weighted by Gasteiger charge is 2.34. The molecule has 1 fully saturated rings. The first kappa shape index (κ1) is 12.2. The Kier molecular flexibility index (Phi) is 3.28. The fourth-order valence-corrected chi connectivity index (χ4v) is 2.38. The lowest BCUT2D eigenvalue weighted by molar-refractivity contribution is -0.275. The van der Waals surface area contributed by atoms with E-state index in [1.165, 1.54) is 12.1 Å². The smallest absolute Gasteiger partial charge is 0.405 e. The summed E-state index contributed by atoms with van der Waals surface area (Å²) in [5, 5.41) is 0. The fraction of sp³-hybridized carbons (Fsp3) is 0.500. The lowest BCUT2D eigenvalue weighted by Gasteiger charge is -2.20. The quantitative estimate of drug-likeness (QED) is 0.868. The van der Waals surface area contributed by atoms with E-state index < -0.39 is 6.36 Å². The summed E-state index contributed by atoms with van der Waals surface area (Å²) >= 11 is 0. The molecule has 2 nitrogen and oxygen atoms in total. The van der Waals surface area contributed by atoms with E-state index in [0.29, 0.717) is 5.56 Å². The maximum Gasteiger partial charge on any atom is 0.573 e. The lowest BCUT2D eigenvalue weighted by atomic mass is 9.94. The van der Waals surface area contributed by atoms with Crippen LogP contribution >= 0.6 is 0 Å². The van der Waals surface area contributed by atoms with Crippen molar-refractivity contribution < 1.29 is 17.9 Å². The number of benzene rings is 1. The number of para-hydroxylation sites is 1. The molecule has 0 radical (unpaired) electrons. The summed E-state index contributed by atoms with van der Waals surface area (Å²) in [5.74, 6) is -0.157. The number of hydrogen-bond acceptors (Lipinski definition) is 2. The molecule has 1 aromatic carbocycles. The molecule has 0 aliphatic heterocycles. The Morgan fingerprint density at radius 2 is 1.88 bits per heavy atom. The zero-order valence-electron chi connectivity index (χ0n) is 9.20. The summed E-state index contributed by atoms with van der Waals surface area (Å²) in [6.07, 6.45) is -2.03. The lowest BCUT2D eigenvalue weighted by Crippen LogP contribution is -2.24. The molecule has 1 saturated carbocycles. The van der Waals surface area contributed by atoms with Gasteiger partial charge in [0.05, 0.1) is 0 Å². The molecule has 94 valence electrons. The van der Waals surface area contributed by atoms with E-state index in [1.807, 2.05) is 0 Å². The second-order valence-electron chi connectivity index (χ2n) is 4.29. The first-order chi connectivity index (χ1) is 7.97. The third kappa shape index (κ3) is 2.91. The van der Waals surface area contributed by atoms with E-state index in [2.05, 4.69) is 4.74 Å². The average molecular weight is 245 g/mol. The molecule has 2 N–H and O–H groups in total. The van der Waals surface area contributed by atoms with Gasteiger partial charge in [-0.25, -0.2) is 0 Å². The molecule has 2 atom stereocenters. The van der Waals surface area contributed by atoms with Crippen LogP contribution in [-0.4, -0.2) is 12.4 Å². The molecular weight excluding hydrogens is 231 g/mol. The van der Waals surface area contributed by atoms with E-state index in [-0.39, 0.29) is 17.7 Å². The minimum atomic E-state index is -4.65. The average Bonchev–Trinajstić information content (AvgIpc) is 2.63. The normalized spacial score (nSPS) is 24.9. The molecule has 1 aliphatic rings. The van der Waals surface area contributed by atoms with Gasteiger partial charge in [0.1, 0.15) is 5.75 Å². The molecule has 2 rings (SSSR count). The van der Waals surface area contributed by atoms with Gasteiger partial charge in [0.15, 0.2) is 0 Å². The van der Waals surface area contributed by atoms with Gasteiger partial charge in [-0.05, 0) is 24.5 Å². The van der Waals surface area contributed by atoms with Crippen LogP contribution in [-0.2, 0) is 0 Å². The van der Waals surface area contributed by atoms with Gasteiger partial charge in [-0.2, -0.15) is 0 Å². The van der Waals surface area contributed by atoms with Crippen molar-refractivity contribution in [1.29, 1.82) is 0 Å². The van der Waals surface area contributed by atoms with Crippen LogP contribution in [0, 0.1) is 0 Å². The van der Waals surface area contributed by atoms with E-state index in [4.69, 9.17) is 5.73 Å². The van der Waals surface area contributed by atoms with Crippen LogP contribution in [0.2, 0.25) is 0 Å². The second-order valence-corrected chi connectivity index (χ2v) is 4.29. The molecule has 0 amide bonds. The molecule has 1 aliphatic carbocycles. The zero-order chi connectivity index (χ0) is 12.5. The Morgan fingerprint density at radius 3 is 2.47 bits per heavy atom. The van der Waals surface area contributed by atoms with Crippen molar-refractivity contribution in [2.24, 2.45) is 5.73 Å². The SMILES string of the molecule is NC1CCCC1c1ccccc1OC(F)(F)F. The highest BCUT2D eigenvalue weighted by molar-refractivity contribution is 5.37. The largest absolute Gasteiger partial charge is 0.573 e. The number of ether oxygens (including phenoxy) is 1. The Balaban J connectivity index is 2.27. The van der Waals surface area contributed by atoms with Crippen molar-refractivity contribution in [2.75, 3.05) is 0 Å². The van der Waals surface area contributed by atoms with Crippen molar-refractivity contribution >= 4 is 0 Å². The van der Waals surface area contributed by atoms with Crippen LogP contribution < -0.4 is 10.5 Å². The monoisotopic (exact) mass is 245 g/mol. The molecule has 0 heterocycles. The summed E-state index contributed by atoms with van der Waals surface area (Å²) in [6.45, 7) is 0. The van der Waals surface area contributed by atoms with Gasteiger partial charge >= 0.3 is 6.36 Å². The predicted octanol–water partition coefficient (Wildman–Crippen LogP) is 3.18. The number of alkyl halides is 3. The number of halogens is 3. The molecule has 0 aromatic heterocycles. The Labute approximate surface area is 97.6 Å². The summed E-state index contributed by atoms with van der Waals surface area (Å²) in [6, 6.07) is 6.17. The summed E-state index contributed by atoms with van der Waals surface area (Å²) in [7, 11) is 0. The van der Waals surface area contributed by atoms with E-state index in [1.54, 1.807) is 12.1 Å². The summed E-state index contributed by atoms with van der Waals surface area (Å²) in [4.78, 5) is 0. The molecule has 2 unspecified atom stereocenters. The topological polar surface area (TPSA) is 35.2 Å². The second kappa shape index (κ2) is 4.56. The molecule has 5 heteroatoms. The summed E-state index contributed by atoms with van der Waals surface area (Å²) in [5.41, 5.74) is 6.47. The van der Waals surface area contributed by atoms with Gasteiger partial charge in [0.2, 0.25) is 0 Å². The van der Waals surface area contributed by atoms with Gasteiger partial charge in [-0.1, -0.05) is 24.6 Å². The van der Waals surface area contributed by atoms with Crippen molar-refractivity contribution in [3.05, 3.63) is 29.8 Å². The van der Waals surface area contributed by atoms with Crippen molar-refractivity contribution in [3.8, 4) is 5.75 Å². The Hall–Kier alpha value is -1.23. The highest BCUT2D eigenvalue weighted by atomic mass is 19.4. The third-order valence-corrected chi connectivity index (χ3v) is 3.11. The summed E-state index contributed by atoms with van der Waals surface area (Å²) < 4.78 is 40.8. The van der Waals surface area contributed by atoms with E-state index in [0.717, 1.165) is 19.3 Å². The van der Waals surface area contributed by atoms with Gasteiger partial charge in [-0.15, -0.1) is 13.2 Å². The fourth-order valence-electron chi connectivity index (χ4n) is 2.38. The third-order valence-electron chi connectivity index (χ3n) is 3.11. The maximum atomic E-state index is 12.3. The first-order valence-electron chi connectivity index (χ1n) is 5.57. The minimum absolute atomic E-state index is 0.0338. The molecular formula is C12H14F3NO. The van der Waals surface area contributed by atoms with Crippen LogP contribution in [0.25, 0.3) is 0 Å². The van der Waals surface area contributed by atoms with Crippen LogP contribution in [0.5, 0.6) is 5.75 Å². The van der Waals surface area contributed by atoms with Crippen LogP contribution in [0.3, 0.4) is 0 Å². The van der Waals surface area contributed by atoms with Crippen LogP contribution in [0.4, 0.5) is 13.2 Å². The van der Waals surface area contributed by atoms with E-state index >= 15 is 0 Å². The molecule has 1 aromatic rings. The number of rotatable bonds is 2. The predicted molar refractivity (Wildman–Crippen MR) is 57.7 cm³/mol. The van der Waals surface area contributed by atoms with Gasteiger partial charge in [-0.3, -0.25) is 0 Å². The minimum Gasteiger partial charge on any atom is -0.405 e. The van der Waals surface area contributed by atoms with Gasteiger partial charge in [0, 0.05) is 12.0 Å². The standard InChI is InChI=1S/C12H14F3NO/c13-12(14,15)17-11-7-2-1-4-9(11)8-5-3-6-10(8)16/h1-2,4,7-8,10H,3,5-6,16H2. The molecule has 0 bridgehead atoms. The Morgan fingerprint density at radius 1 is 1.18 bits per heavy atom. The zero-order valence-corrected chi connectivity index (χ0v) is 9.20. The molecule has 0 spiro atoms. The van der Waals surface area contributed by atoms with Crippen molar-refractivity contribution in [1.82, 2.24) is 0 Å². The van der Waals surface area contributed by atoms with Crippen LogP contribution in [0.15, 0.2) is 24.3 Å². The Bertz CT molecular complexity index is 392. The molecule has 0 saturated heterocycles. The van der Waals surface area contributed by atoms with Crippen molar-refractivity contribution in [2.45, 2.75) is 37.6 Å². The van der Waals surface area contributed by atoms with E-state index in [9.17, 15) is 13.2 Å². The van der Waals surface area contributed by atoms with Crippen molar-refractivity contribution in [3.63, 3.8) is 0 Å². The first-order valence-corrected chi connectivity index (χ1v) is 5.57. The molecule has 17 heavy (non-hydrogen) atoms. The maximum absolute atomic E-state index is 12.3. The number of nitrogens with two attached hydrogens (primary N) is 1. The van der Waals surface area contributed by atoms with Crippen LogP contribution in [0.1, 0.15) is 30.7 Å². The van der Waals surface area contributed by atoms with Gasteiger partial charge < -0.3 is 10.5 Å². The van der Waals surface area contributed by atoms with Gasteiger partial charge in [0.25, 0.3) is 0 Å². The number of hydrogen-bond donors (Lipinski definition) is 1. The highest BCUT2D eigenvalue weighted by Crippen LogP contribution is 2.39.